The van der Waals surface area contributed by atoms with Gasteiger partial charge in [0, 0.05) is 12.6 Å². The van der Waals surface area contributed by atoms with Crippen molar-refractivity contribution in [2.24, 2.45) is 0 Å². The van der Waals surface area contributed by atoms with E-state index in [1.54, 1.807) is 0 Å². The molecule has 0 aromatic carbocycles. The first kappa shape index (κ1) is 11.0. The smallest absolute Gasteiger partial charge is 0.247 e. The van der Waals surface area contributed by atoms with Gasteiger partial charge in [0.25, 0.3) is 0 Å². The molecule has 6 nitrogen and oxygen atoms in total. The first-order valence-corrected chi connectivity index (χ1v) is 4.35. The molecule has 1 aliphatic heterocycles. The Morgan fingerprint density at radius 2 is 2.50 bits per heavy atom. The van der Waals surface area contributed by atoms with Crippen LogP contribution in [0.5, 0.6) is 0 Å². The molecule has 3 N–H and O–H groups in total. The molecule has 1 rings (SSSR count). The average molecular weight is 202 g/mol. The van der Waals surface area contributed by atoms with Crippen molar-refractivity contribution in [3.8, 4) is 0 Å². The highest BCUT2D eigenvalue weighted by Gasteiger charge is 2.20. The van der Waals surface area contributed by atoms with E-state index in [2.05, 4.69) is 10.6 Å². The quantitative estimate of drug-likeness (QED) is 0.154. The van der Waals surface area contributed by atoms with Crippen LogP contribution in [0.3, 0.4) is 0 Å². The van der Waals surface area contributed by atoms with Gasteiger partial charge >= 0.3 is 0 Å². The van der Waals surface area contributed by atoms with Gasteiger partial charge in [-0.15, -0.1) is 0 Å². The fraction of sp³-hybridized carbons (Fsp3) is 0.625. The van der Waals surface area contributed by atoms with Crippen molar-refractivity contribution in [1.29, 1.82) is 0 Å². The monoisotopic (exact) mass is 202 g/mol. The van der Waals surface area contributed by atoms with Gasteiger partial charge in [-0.25, -0.2) is 0 Å². The van der Waals surface area contributed by atoms with Crippen LogP contribution in [0.15, 0.2) is 12.3 Å². The molecule has 1 atom stereocenters. The third-order valence-corrected chi connectivity index (χ3v) is 1.45. The van der Waals surface area contributed by atoms with E-state index in [-0.39, 0.29) is 25.3 Å². The average Bonchev–Trinajstić information content (AvgIpc) is 2.98. The van der Waals surface area contributed by atoms with Crippen LogP contribution in [0.25, 0.3) is 0 Å². The Hall–Kier alpha value is -1.11. The van der Waals surface area contributed by atoms with Gasteiger partial charge in [0.05, 0.1) is 19.5 Å². The highest BCUT2D eigenvalue weighted by molar-refractivity contribution is 5.87. The minimum Gasteiger partial charge on any atom is -0.486 e. The highest BCUT2D eigenvalue weighted by atomic mass is 16.6. The standard InChI is InChI=1S/C8H14N2O4/c11-3-2-9-7(12)1-4-13-6-10-8-5-14-8/h1,4,8,10-11H,2-3,5-6H2,(H,9,12)/b4-1+. The lowest BCUT2D eigenvalue weighted by Crippen LogP contribution is -2.24. The zero-order valence-corrected chi connectivity index (χ0v) is 7.73. The summed E-state index contributed by atoms with van der Waals surface area (Å²) < 4.78 is 9.81. The van der Waals surface area contributed by atoms with E-state index in [0.717, 1.165) is 0 Å². The minimum absolute atomic E-state index is 0.0684. The maximum atomic E-state index is 10.9. The van der Waals surface area contributed by atoms with Gasteiger partial charge in [-0.1, -0.05) is 0 Å². The second-order valence-electron chi connectivity index (χ2n) is 2.65. The molecule has 0 aliphatic carbocycles. The summed E-state index contributed by atoms with van der Waals surface area (Å²) in [5.74, 6) is -0.290. The molecule has 0 bridgehead atoms. The fourth-order valence-corrected chi connectivity index (χ4v) is 0.703. The topological polar surface area (TPSA) is 83.1 Å². The fourth-order valence-electron chi connectivity index (χ4n) is 0.703. The molecule has 80 valence electrons. The number of epoxide rings is 1. The number of nitrogens with one attached hydrogen (secondary N) is 2. The normalized spacial score (nSPS) is 19.6. The van der Waals surface area contributed by atoms with Crippen molar-refractivity contribution in [1.82, 2.24) is 10.6 Å². The number of aliphatic hydroxyl groups is 1. The molecule has 1 fully saturated rings. The largest absolute Gasteiger partial charge is 0.486 e. The summed E-state index contributed by atoms with van der Waals surface area (Å²) in [5.41, 5.74) is 0. The number of rotatable bonds is 7. The van der Waals surface area contributed by atoms with E-state index in [4.69, 9.17) is 14.6 Å². The van der Waals surface area contributed by atoms with Gasteiger partial charge in [-0.2, -0.15) is 0 Å². The van der Waals surface area contributed by atoms with Crippen molar-refractivity contribution in [2.75, 3.05) is 26.5 Å². The van der Waals surface area contributed by atoms with Crippen LogP contribution in [0, 0.1) is 0 Å². The Balaban J connectivity index is 1.92. The second-order valence-corrected chi connectivity index (χ2v) is 2.65. The van der Waals surface area contributed by atoms with Gasteiger partial charge in [-0.3, -0.25) is 10.1 Å². The van der Waals surface area contributed by atoms with Crippen molar-refractivity contribution in [3.05, 3.63) is 12.3 Å². The predicted octanol–water partition coefficient (Wildman–Crippen LogP) is -1.47. The zero-order valence-electron chi connectivity index (χ0n) is 7.73. The predicted molar refractivity (Wildman–Crippen MR) is 48.1 cm³/mol. The lowest BCUT2D eigenvalue weighted by molar-refractivity contribution is -0.116. The summed E-state index contributed by atoms with van der Waals surface area (Å²) in [4.78, 5) is 10.9. The maximum absolute atomic E-state index is 10.9. The van der Waals surface area contributed by atoms with E-state index in [0.29, 0.717) is 13.3 Å². The van der Waals surface area contributed by atoms with Crippen molar-refractivity contribution in [2.45, 2.75) is 6.23 Å². The molecule has 0 radical (unpaired) electrons. The zero-order chi connectivity index (χ0) is 10.2. The molecule has 0 spiro atoms. The first-order valence-electron chi connectivity index (χ1n) is 4.35. The number of hydrogen-bond acceptors (Lipinski definition) is 5. The summed E-state index contributed by atoms with van der Waals surface area (Å²) >= 11 is 0. The minimum atomic E-state index is -0.290. The van der Waals surface area contributed by atoms with Gasteiger partial charge in [0.15, 0.2) is 0 Å². The van der Waals surface area contributed by atoms with Crippen molar-refractivity contribution < 1.29 is 19.4 Å². The Morgan fingerprint density at radius 1 is 1.71 bits per heavy atom. The van der Waals surface area contributed by atoms with E-state index >= 15 is 0 Å². The summed E-state index contributed by atoms with van der Waals surface area (Å²) in [6, 6.07) is 0. The number of ether oxygens (including phenoxy) is 2. The molecule has 0 aromatic rings. The van der Waals surface area contributed by atoms with E-state index in [1.807, 2.05) is 0 Å². The van der Waals surface area contributed by atoms with Crippen LogP contribution in [-0.4, -0.2) is 43.7 Å². The summed E-state index contributed by atoms with van der Waals surface area (Å²) in [5, 5.41) is 13.7. The number of aliphatic hydroxyl groups excluding tert-OH is 1. The third kappa shape index (κ3) is 5.52. The van der Waals surface area contributed by atoms with Gasteiger partial charge in [0.1, 0.15) is 13.0 Å². The van der Waals surface area contributed by atoms with E-state index in [1.165, 1.54) is 12.3 Å². The lowest BCUT2D eigenvalue weighted by atomic mass is 10.5. The molecular weight excluding hydrogens is 188 g/mol. The second kappa shape index (κ2) is 6.36. The SMILES string of the molecule is O=C(/C=C/OCNC1CO1)NCCO. The van der Waals surface area contributed by atoms with Gasteiger partial charge < -0.3 is 19.9 Å². The molecule has 0 saturated carbocycles. The molecule has 14 heavy (non-hydrogen) atoms. The number of hydrogen-bond donors (Lipinski definition) is 3. The first-order chi connectivity index (χ1) is 6.83. The van der Waals surface area contributed by atoms with Crippen LogP contribution in [-0.2, 0) is 14.3 Å². The summed E-state index contributed by atoms with van der Waals surface area (Å²) in [6.07, 6.45) is 2.65. The van der Waals surface area contributed by atoms with Crippen LogP contribution in [0.4, 0.5) is 0 Å². The molecule has 0 aromatic heterocycles. The highest BCUT2D eigenvalue weighted by Crippen LogP contribution is 2.02. The van der Waals surface area contributed by atoms with Crippen molar-refractivity contribution in [3.63, 3.8) is 0 Å². The molecule has 1 heterocycles. The van der Waals surface area contributed by atoms with Crippen LogP contribution in [0.1, 0.15) is 0 Å². The van der Waals surface area contributed by atoms with Crippen LogP contribution in [0.2, 0.25) is 0 Å². The maximum Gasteiger partial charge on any atom is 0.247 e. The number of carbonyl (C=O) groups excluding carboxylic acids is 1. The third-order valence-electron chi connectivity index (χ3n) is 1.45. The van der Waals surface area contributed by atoms with E-state index in [9.17, 15) is 4.79 Å². The van der Waals surface area contributed by atoms with Crippen LogP contribution < -0.4 is 10.6 Å². The molecule has 1 amide bonds. The molecule has 1 saturated heterocycles. The van der Waals surface area contributed by atoms with Gasteiger partial charge in [-0.05, 0) is 0 Å². The summed E-state index contributed by atoms with van der Waals surface area (Å²) in [6.45, 7) is 1.21. The Morgan fingerprint density at radius 3 is 3.14 bits per heavy atom. The Kier molecular flexibility index (Phi) is 4.98. The van der Waals surface area contributed by atoms with E-state index < -0.39 is 0 Å². The van der Waals surface area contributed by atoms with Crippen molar-refractivity contribution >= 4 is 5.91 Å². The summed E-state index contributed by atoms with van der Waals surface area (Å²) in [7, 11) is 0. The molecule has 1 unspecified atom stereocenters. The molecule has 6 heteroatoms. The molecule has 1 aliphatic rings. The number of amides is 1. The van der Waals surface area contributed by atoms with Crippen LogP contribution >= 0.6 is 0 Å². The Labute approximate surface area is 81.9 Å². The molecular formula is C8H14N2O4. The van der Waals surface area contributed by atoms with Gasteiger partial charge in [0.2, 0.25) is 5.91 Å². The number of carbonyl (C=O) groups is 1. The Bertz CT molecular complexity index is 204. The lowest BCUT2D eigenvalue weighted by Gasteiger charge is -2.00.